The molecule has 0 bridgehead atoms. The van der Waals surface area contributed by atoms with Gasteiger partial charge in [0.2, 0.25) is 10.0 Å². The summed E-state index contributed by atoms with van der Waals surface area (Å²) in [7, 11) is -4.42. The summed E-state index contributed by atoms with van der Waals surface area (Å²) in [4.78, 5) is 0.312. The molecule has 1 fully saturated rings. The van der Waals surface area contributed by atoms with E-state index in [2.05, 4.69) is 0 Å². The van der Waals surface area contributed by atoms with Crippen molar-refractivity contribution in [2.24, 2.45) is 0 Å². The Morgan fingerprint density at radius 3 is 2.35 bits per heavy atom. The van der Waals surface area contributed by atoms with Crippen molar-refractivity contribution in [3.8, 4) is 0 Å². The Morgan fingerprint density at radius 2 is 1.80 bits per heavy atom. The number of hydrogen-bond acceptors (Lipinski definition) is 3. The van der Waals surface area contributed by atoms with Crippen molar-refractivity contribution in [3.05, 3.63) is 28.8 Å². The van der Waals surface area contributed by atoms with E-state index < -0.39 is 20.8 Å². The first kappa shape index (κ1) is 15.9. The molecule has 4 nitrogen and oxygen atoms in total. The van der Waals surface area contributed by atoms with E-state index >= 15 is 0 Å². The zero-order valence-corrected chi connectivity index (χ0v) is 13.9. The number of aryl methyl sites for hydroxylation is 2. The molecule has 2 rings (SSSR count). The van der Waals surface area contributed by atoms with Crippen LogP contribution in [0.1, 0.15) is 16.7 Å². The van der Waals surface area contributed by atoms with Crippen LogP contribution in [0.5, 0.6) is 0 Å². The van der Waals surface area contributed by atoms with Gasteiger partial charge in [0.1, 0.15) is 0 Å². The molecule has 0 radical (unpaired) electrons. The predicted octanol–water partition coefficient (Wildman–Crippen LogP) is 1.80. The number of alkyl halides is 1. The average molecular weight is 336 g/mol. The highest BCUT2D eigenvalue weighted by Gasteiger charge is 2.29. The van der Waals surface area contributed by atoms with Crippen LogP contribution in [0, 0.1) is 13.8 Å². The third-order valence-electron chi connectivity index (χ3n) is 3.53. The van der Waals surface area contributed by atoms with Crippen LogP contribution in [0.3, 0.4) is 0 Å². The molecule has 1 aromatic carbocycles. The van der Waals surface area contributed by atoms with E-state index in [1.54, 1.807) is 13.0 Å². The molecule has 20 heavy (non-hydrogen) atoms. The molecular formula is C13H18ClNO3S2. The van der Waals surface area contributed by atoms with Crippen LogP contribution in [0.25, 0.3) is 0 Å². The molecule has 1 saturated heterocycles. The standard InChI is InChI=1S/C13H18ClNO3S2/c1-10-7-11(2)13(8-12(10)9-14)20(17,18)15-3-5-19(16)6-4-15/h7-8H,3-6,9H2,1-2H3. The van der Waals surface area contributed by atoms with Crippen LogP contribution in [0.4, 0.5) is 0 Å². The van der Waals surface area contributed by atoms with Crippen molar-refractivity contribution in [1.29, 1.82) is 0 Å². The van der Waals surface area contributed by atoms with Crippen molar-refractivity contribution in [1.82, 2.24) is 4.31 Å². The minimum Gasteiger partial charge on any atom is -0.259 e. The molecule has 112 valence electrons. The van der Waals surface area contributed by atoms with E-state index in [4.69, 9.17) is 11.6 Å². The fourth-order valence-corrected chi connectivity index (χ4v) is 5.57. The van der Waals surface area contributed by atoms with Crippen LogP contribution >= 0.6 is 11.6 Å². The van der Waals surface area contributed by atoms with Crippen molar-refractivity contribution in [3.63, 3.8) is 0 Å². The summed E-state index contributed by atoms with van der Waals surface area (Å²) in [6.07, 6.45) is 0. The molecule has 0 amide bonds. The largest absolute Gasteiger partial charge is 0.259 e. The van der Waals surface area contributed by atoms with Gasteiger partial charge in [0, 0.05) is 41.3 Å². The van der Waals surface area contributed by atoms with Crippen molar-refractivity contribution in [2.75, 3.05) is 24.6 Å². The molecule has 0 aliphatic carbocycles. The summed E-state index contributed by atoms with van der Waals surface area (Å²) in [5.74, 6) is 1.11. The quantitative estimate of drug-likeness (QED) is 0.791. The van der Waals surface area contributed by atoms with E-state index in [-0.39, 0.29) is 0 Å². The van der Waals surface area contributed by atoms with Gasteiger partial charge in [-0.15, -0.1) is 11.6 Å². The van der Waals surface area contributed by atoms with E-state index in [9.17, 15) is 12.6 Å². The van der Waals surface area contributed by atoms with Gasteiger partial charge < -0.3 is 0 Å². The number of hydrogen-bond donors (Lipinski definition) is 0. The number of sulfonamides is 1. The highest BCUT2D eigenvalue weighted by atomic mass is 35.5. The Labute approximate surface area is 127 Å². The fraction of sp³-hybridized carbons (Fsp3) is 0.538. The van der Waals surface area contributed by atoms with Gasteiger partial charge in [-0.25, -0.2) is 8.42 Å². The third kappa shape index (κ3) is 3.08. The van der Waals surface area contributed by atoms with Gasteiger partial charge >= 0.3 is 0 Å². The van der Waals surface area contributed by atoms with Crippen LogP contribution in [0.2, 0.25) is 0 Å². The smallest absolute Gasteiger partial charge is 0.243 e. The van der Waals surface area contributed by atoms with Gasteiger partial charge in [-0.3, -0.25) is 4.21 Å². The summed E-state index contributed by atoms with van der Waals surface area (Å²) < 4.78 is 38.1. The summed E-state index contributed by atoms with van der Waals surface area (Å²) in [6, 6.07) is 3.52. The second-order valence-corrected chi connectivity index (χ2v) is 8.80. The molecule has 1 aliphatic heterocycles. The molecular weight excluding hydrogens is 318 g/mol. The lowest BCUT2D eigenvalue weighted by atomic mass is 10.1. The molecule has 1 heterocycles. The Bertz CT molecular complexity index is 633. The number of rotatable bonds is 3. The summed E-state index contributed by atoms with van der Waals surface area (Å²) in [6.45, 7) is 4.35. The second kappa shape index (κ2) is 6.13. The first-order chi connectivity index (χ1) is 9.36. The van der Waals surface area contributed by atoms with Crippen LogP contribution in [-0.2, 0) is 26.7 Å². The summed E-state index contributed by atoms with van der Waals surface area (Å²) >= 11 is 5.86. The zero-order chi connectivity index (χ0) is 14.9. The molecule has 0 spiro atoms. The maximum absolute atomic E-state index is 12.7. The van der Waals surface area contributed by atoms with Crippen LogP contribution in [0.15, 0.2) is 17.0 Å². The number of halogens is 1. The molecule has 1 aromatic rings. The molecule has 7 heteroatoms. The Balaban J connectivity index is 2.41. The van der Waals surface area contributed by atoms with Crippen LogP contribution < -0.4 is 0 Å². The minimum absolute atomic E-state index is 0.290. The number of nitrogens with zero attached hydrogens (tertiary/aromatic N) is 1. The Morgan fingerprint density at radius 1 is 1.20 bits per heavy atom. The maximum atomic E-state index is 12.7. The molecule has 0 saturated carbocycles. The topological polar surface area (TPSA) is 54.5 Å². The monoisotopic (exact) mass is 335 g/mol. The Hall–Kier alpha value is -0.430. The first-order valence-corrected chi connectivity index (χ1v) is 9.83. The van der Waals surface area contributed by atoms with Gasteiger partial charge in [0.05, 0.1) is 4.90 Å². The van der Waals surface area contributed by atoms with E-state index in [0.29, 0.717) is 35.4 Å². The SMILES string of the molecule is Cc1cc(C)c(S(=O)(=O)N2CCS(=O)CC2)cc1CCl. The Kier molecular flexibility index (Phi) is 4.89. The molecule has 0 N–H and O–H groups in total. The zero-order valence-electron chi connectivity index (χ0n) is 11.6. The first-order valence-electron chi connectivity index (χ1n) is 6.37. The number of benzene rings is 1. The maximum Gasteiger partial charge on any atom is 0.243 e. The molecule has 1 aliphatic rings. The average Bonchev–Trinajstić information content (AvgIpc) is 2.39. The van der Waals surface area contributed by atoms with Crippen molar-refractivity contribution >= 4 is 32.4 Å². The third-order valence-corrected chi connectivity index (χ3v) is 7.14. The van der Waals surface area contributed by atoms with Crippen molar-refractivity contribution in [2.45, 2.75) is 24.6 Å². The fourth-order valence-electron chi connectivity index (χ4n) is 2.30. The van der Waals surface area contributed by atoms with Gasteiger partial charge in [0.15, 0.2) is 0 Å². The highest BCUT2D eigenvalue weighted by molar-refractivity contribution is 7.89. The van der Waals surface area contributed by atoms with E-state index in [1.165, 1.54) is 4.31 Å². The lowest BCUT2D eigenvalue weighted by Gasteiger charge is -2.26. The van der Waals surface area contributed by atoms with Crippen molar-refractivity contribution < 1.29 is 12.6 Å². The summed E-state index contributed by atoms with van der Waals surface area (Å²) in [5, 5.41) is 0. The lowest BCUT2D eigenvalue weighted by Crippen LogP contribution is -2.41. The summed E-state index contributed by atoms with van der Waals surface area (Å²) in [5.41, 5.74) is 2.55. The normalized spacial score (nSPS) is 18.4. The molecule has 0 aromatic heterocycles. The van der Waals surface area contributed by atoms with Crippen LogP contribution in [-0.4, -0.2) is 41.5 Å². The van der Waals surface area contributed by atoms with Gasteiger partial charge in [-0.1, -0.05) is 6.07 Å². The molecule has 0 unspecified atom stereocenters. The highest BCUT2D eigenvalue weighted by Crippen LogP contribution is 2.25. The lowest BCUT2D eigenvalue weighted by molar-refractivity contribution is 0.438. The van der Waals surface area contributed by atoms with Gasteiger partial charge in [-0.05, 0) is 36.6 Å². The van der Waals surface area contributed by atoms with Gasteiger partial charge in [-0.2, -0.15) is 4.31 Å². The predicted molar refractivity (Wildman–Crippen MR) is 82.1 cm³/mol. The van der Waals surface area contributed by atoms with E-state index in [0.717, 1.165) is 16.7 Å². The molecule has 0 atom stereocenters. The van der Waals surface area contributed by atoms with Gasteiger partial charge in [0.25, 0.3) is 0 Å². The van der Waals surface area contributed by atoms with E-state index in [1.807, 2.05) is 13.0 Å². The second-order valence-electron chi connectivity index (χ2n) is 4.93. The minimum atomic E-state index is -3.53.